The number of carboxylic acid groups (broad SMARTS) is 2. The molecule has 0 saturated carbocycles. The SMILES string of the molecule is O=C(O)NNNC(=O)O. The van der Waals surface area contributed by atoms with Gasteiger partial charge in [0.05, 0.1) is 0 Å². The monoisotopic (exact) mass is 135 g/mol. The van der Waals surface area contributed by atoms with Gasteiger partial charge in [-0.1, -0.05) is 0 Å². The Balaban J connectivity index is 3.10. The zero-order valence-electron chi connectivity index (χ0n) is 4.21. The van der Waals surface area contributed by atoms with Gasteiger partial charge in [-0.25, -0.2) is 20.4 Å². The average Bonchev–Trinajstić information content (AvgIpc) is 1.63. The Bertz CT molecular complexity index is 109. The van der Waals surface area contributed by atoms with Crippen LogP contribution in [0, 0.1) is 0 Å². The van der Waals surface area contributed by atoms with E-state index in [1.165, 1.54) is 0 Å². The van der Waals surface area contributed by atoms with E-state index in [0.29, 0.717) is 0 Å². The first-order valence-corrected chi connectivity index (χ1v) is 1.86. The minimum Gasteiger partial charge on any atom is -0.464 e. The molecule has 0 radical (unpaired) electrons. The summed E-state index contributed by atoms with van der Waals surface area (Å²) >= 11 is 0. The fourth-order valence-electron chi connectivity index (χ4n) is 0.138. The molecule has 0 aliphatic carbocycles. The van der Waals surface area contributed by atoms with Crippen LogP contribution in [-0.4, -0.2) is 22.4 Å². The van der Waals surface area contributed by atoms with Gasteiger partial charge < -0.3 is 10.2 Å². The van der Waals surface area contributed by atoms with E-state index in [1.807, 2.05) is 0 Å². The second-order valence-electron chi connectivity index (χ2n) is 0.985. The van der Waals surface area contributed by atoms with E-state index >= 15 is 0 Å². The highest BCUT2D eigenvalue weighted by Gasteiger charge is 1.92. The quantitative estimate of drug-likeness (QED) is 0.310. The van der Waals surface area contributed by atoms with Crippen LogP contribution in [0.5, 0.6) is 0 Å². The second kappa shape index (κ2) is 3.50. The molecule has 0 atom stereocenters. The highest BCUT2D eigenvalue weighted by Crippen LogP contribution is 1.52. The van der Waals surface area contributed by atoms with Gasteiger partial charge in [-0.3, -0.25) is 0 Å². The van der Waals surface area contributed by atoms with Crippen molar-refractivity contribution in [1.82, 2.24) is 16.4 Å². The van der Waals surface area contributed by atoms with Gasteiger partial charge in [0.15, 0.2) is 0 Å². The molecule has 0 aromatic carbocycles. The van der Waals surface area contributed by atoms with Gasteiger partial charge in [0.1, 0.15) is 0 Å². The van der Waals surface area contributed by atoms with Gasteiger partial charge in [-0.15, -0.1) is 5.53 Å². The Morgan fingerprint density at radius 1 is 1.00 bits per heavy atom. The number of rotatable bonds is 2. The standard InChI is InChI=1S/C2H5N3O4/c6-1(7)3-5-4-2(8)9/h3-5H,(H,6,7)(H,8,9). The largest absolute Gasteiger partial charge is 0.464 e. The van der Waals surface area contributed by atoms with E-state index in [1.54, 1.807) is 16.4 Å². The fourth-order valence-corrected chi connectivity index (χ4v) is 0.138. The maximum atomic E-state index is 9.57. The predicted molar refractivity (Wildman–Crippen MR) is 25.5 cm³/mol. The van der Waals surface area contributed by atoms with Crippen molar-refractivity contribution in [3.8, 4) is 0 Å². The summed E-state index contributed by atoms with van der Waals surface area (Å²) in [5.74, 6) is 0. The average molecular weight is 135 g/mol. The molecule has 5 N–H and O–H groups in total. The van der Waals surface area contributed by atoms with Gasteiger partial charge in [0.25, 0.3) is 0 Å². The van der Waals surface area contributed by atoms with Crippen molar-refractivity contribution in [3.63, 3.8) is 0 Å². The van der Waals surface area contributed by atoms with Gasteiger partial charge in [0.2, 0.25) is 0 Å². The summed E-state index contributed by atoms with van der Waals surface area (Å²) in [6.07, 6.45) is -2.74. The van der Waals surface area contributed by atoms with Crippen molar-refractivity contribution < 1.29 is 19.8 Å². The van der Waals surface area contributed by atoms with Crippen LogP contribution in [-0.2, 0) is 0 Å². The Morgan fingerprint density at radius 2 is 1.33 bits per heavy atom. The molecule has 0 aliphatic rings. The smallest absolute Gasteiger partial charge is 0.420 e. The summed E-state index contributed by atoms with van der Waals surface area (Å²) in [5.41, 5.74) is 4.79. The zero-order chi connectivity index (χ0) is 7.28. The molecule has 7 heteroatoms. The number of carbonyl (C=O) groups is 2. The topological polar surface area (TPSA) is 111 Å². The van der Waals surface area contributed by atoms with Crippen LogP contribution in [0.25, 0.3) is 0 Å². The van der Waals surface area contributed by atoms with Crippen molar-refractivity contribution in [2.75, 3.05) is 0 Å². The summed E-state index contributed by atoms with van der Waals surface area (Å²) < 4.78 is 0. The van der Waals surface area contributed by atoms with Crippen LogP contribution in [0.2, 0.25) is 0 Å². The first kappa shape index (κ1) is 7.50. The maximum absolute atomic E-state index is 9.57. The van der Waals surface area contributed by atoms with Gasteiger partial charge in [-0.05, 0) is 0 Å². The van der Waals surface area contributed by atoms with Crippen molar-refractivity contribution >= 4 is 12.2 Å². The third-order valence-corrected chi connectivity index (χ3v) is 0.339. The summed E-state index contributed by atoms with van der Waals surface area (Å²) in [4.78, 5) is 19.1. The molecule has 0 aliphatic heterocycles. The molecule has 0 bridgehead atoms. The lowest BCUT2D eigenvalue weighted by molar-refractivity contribution is 0.174. The molecular formula is C2H5N3O4. The van der Waals surface area contributed by atoms with E-state index < -0.39 is 12.2 Å². The van der Waals surface area contributed by atoms with Crippen molar-refractivity contribution in [2.24, 2.45) is 0 Å². The van der Waals surface area contributed by atoms with E-state index in [0.717, 1.165) is 0 Å². The Hall–Kier alpha value is -1.50. The fraction of sp³-hybridized carbons (Fsp3) is 0. The van der Waals surface area contributed by atoms with Gasteiger partial charge in [0, 0.05) is 0 Å². The van der Waals surface area contributed by atoms with E-state index in [2.05, 4.69) is 0 Å². The molecule has 0 fully saturated rings. The maximum Gasteiger partial charge on any atom is 0.420 e. The molecule has 2 amide bonds. The van der Waals surface area contributed by atoms with E-state index in [9.17, 15) is 9.59 Å². The van der Waals surface area contributed by atoms with E-state index in [-0.39, 0.29) is 0 Å². The molecular weight excluding hydrogens is 130 g/mol. The lowest BCUT2D eigenvalue weighted by Crippen LogP contribution is -2.48. The normalized spacial score (nSPS) is 8.00. The molecule has 52 valence electrons. The Morgan fingerprint density at radius 3 is 1.56 bits per heavy atom. The molecule has 0 spiro atoms. The number of amides is 2. The molecule has 9 heavy (non-hydrogen) atoms. The molecule has 7 nitrogen and oxygen atoms in total. The number of hydrazine groups is 2. The molecule has 0 aromatic heterocycles. The Labute approximate surface area is 49.6 Å². The number of nitrogens with one attached hydrogen (secondary N) is 3. The number of hydrogen-bond acceptors (Lipinski definition) is 3. The predicted octanol–water partition coefficient (Wildman–Crippen LogP) is -1.06. The minimum absolute atomic E-state index is 1.37. The summed E-state index contributed by atoms with van der Waals surface area (Å²) in [6.45, 7) is 0. The van der Waals surface area contributed by atoms with Crippen LogP contribution >= 0.6 is 0 Å². The summed E-state index contributed by atoms with van der Waals surface area (Å²) in [6, 6.07) is 0. The lowest BCUT2D eigenvalue weighted by atomic mass is 11.2. The highest BCUT2D eigenvalue weighted by atomic mass is 16.4. The third-order valence-electron chi connectivity index (χ3n) is 0.339. The third kappa shape index (κ3) is 6.50. The van der Waals surface area contributed by atoms with Crippen molar-refractivity contribution in [1.29, 1.82) is 0 Å². The molecule has 0 rings (SSSR count). The number of hydrogen-bond donors (Lipinski definition) is 5. The summed E-state index contributed by atoms with van der Waals surface area (Å²) in [5, 5.41) is 15.6. The zero-order valence-corrected chi connectivity index (χ0v) is 4.21. The first-order valence-electron chi connectivity index (χ1n) is 1.86. The lowest BCUT2D eigenvalue weighted by Gasteiger charge is -1.99. The summed E-state index contributed by atoms with van der Waals surface area (Å²) in [7, 11) is 0. The van der Waals surface area contributed by atoms with Crippen LogP contribution < -0.4 is 16.4 Å². The van der Waals surface area contributed by atoms with Crippen LogP contribution in [0.15, 0.2) is 0 Å². The van der Waals surface area contributed by atoms with Crippen molar-refractivity contribution in [3.05, 3.63) is 0 Å². The van der Waals surface area contributed by atoms with E-state index in [4.69, 9.17) is 10.2 Å². The highest BCUT2D eigenvalue weighted by molar-refractivity contribution is 5.66. The van der Waals surface area contributed by atoms with Gasteiger partial charge in [-0.2, -0.15) is 0 Å². The second-order valence-corrected chi connectivity index (χ2v) is 0.985. The van der Waals surface area contributed by atoms with Crippen LogP contribution in [0.4, 0.5) is 9.59 Å². The molecule has 0 aromatic rings. The molecule has 0 heterocycles. The molecule has 0 unspecified atom stereocenters. The van der Waals surface area contributed by atoms with Crippen LogP contribution in [0.3, 0.4) is 0 Å². The first-order chi connectivity index (χ1) is 4.13. The minimum atomic E-state index is -1.37. The molecule has 0 saturated heterocycles. The van der Waals surface area contributed by atoms with Gasteiger partial charge >= 0.3 is 12.2 Å². The Kier molecular flexibility index (Phi) is 2.91. The van der Waals surface area contributed by atoms with Crippen molar-refractivity contribution in [2.45, 2.75) is 0 Å². The van der Waals surface area contributed by atoms with Crippen LogP contribution in [0.1, 0.15) is 0 Å².